The maximum atomic E-state index is 12.9. The average Bonchev–Trinajstić information content (AvgIpc) is 3.01. The van der Waals surface area contributed by atoms with Gasteiger partial charge in [-0.05, 0) is 55.9 Å². The summed E-state index contributed by atoms with van der Waals surface area (Å²) in [4.78, 5) is 29.3. The number of piperazine rings is 1. The fourth-order valence-electron chi connectivity index (χ4n) is 5.00. The number of nitrogens with zero attached hydrogens (tertiary/aromatic N) is 5. The largest absolute Gasteiger partial charge is 0.483 e. The molecule has 0 atom stereocenters. The fourth-order valence-corrected chi connectivity index (χ4v) is 5.00. The molecule has 3 heterocycles. The van der Waals surface area contributed by atoms with Crippen LogP contribution in [0, 0.1) is 13.8 Å². The Hall–Kier alpha value is -2.67. The highest BCUT2D eigenvalue weighted by Gasteiger charge is 2.29. The van der Waals surface area contributed by atoms with Crippen LogP contribution in [0.25, 0.3) is 0 Å². The van der Waals surface area contributed by atoms with E-state index in [0.29, 0.717) is 13.1 Å². The summed E-state index contributed by atoms with van der Waals surface area (Å²) in [7, 11) is 0. The zero-order chi connectivity index (χ0) is 22.8. The van der Waals surface area contributed by atoms with Gasteiger partial charge in [0, 0.05) is 57.9 Å². The minimum atomic E-state index is 0.0315. The van der Waals surface area contributed by atoms with Crippen molar-refractivity contribution in [1.29, 1.82) is 0 Å². The number of aromatic nitrogens is 2. The average molecular weight is 450 g/mol. The molecule has 0 bridgehead atoms. The van der Waals surface area contributed by atoms with E-state index in [4.69, 9.17) is 14.7 Å². The summed E-state index contributed by atoms with van der Waals surface area (Å²) in [5.41, 5.74) is 4.44. The van der Waals surface area contributed by atoms with Gasteiger partial charge in [-0.15, -0.1) is 0 Å². The molecule has 1 aromatic carbocycles. The van der Waals surface area contributed by atoms with Gasteiger partial charge in [-0.2, -0.15) is 0 Å². The van der Waals surface area contributed by atoms with Crippen molar-refractivity contribution >= 4 is 11.9 Å². The van der Waals surface area contributed by atoms with Crippen molar-refractivity contribution in [2.45, 2.75) is 52.0 Å². The molecule has 7 heteroatoms. The van der Waals surface area contributed by atoms with Crippen LogP contribution in [-0.4, -0.2) is 77.6 Å². The van der Waals surface area contributed by atoms with Gasteiger partial charge in [-0.3, -0.25) is 9.69 Å². The van der Waals surface area contributed by atoms with Crippen LogP contribution >= 0.6 is 0 Å². The third-order valence-electron chi connectivity index (χ3n) is 7.45. The van der Waals surface area contributed by atoms with E-state index in [-0.39, 0.29) is 12.5 Å². The van der Waals surface area contributed by atoms with Crippen molar-refractivity contribution in [2.75, 3.05) is 50.8 Å². The molecule has 5 rings (SSSR count). The van der Waals surface area contributed by atoms with Crippen molar-refractivity contribution in [3.63, 3.8) is 0 Å². The first-order valence-electron chi connectivity index (χ1n) is 12.4. The number of anilines is 1. The van der Waals surface area contributed by atoms with E-state index in [2.05, 4.69) is 15.9 Å². The lowest BCUT2D eigenvalue weighted by Gasteiger charge is -2.43. The van der Waals surface area contributed by atoms with E-state index in [1.54, 1.807) is 0 Å². The van der Waals surface area contributed by atoms with Crippen molar-refractivity contribution < 1.29 is 9.53 Å². The van der Waals surface area contributed by atoms with Gasteiger partial charge in [0.1, 0.15) is 5.75 Å². The lowest BCUT2D eigenvalue weighted by Crippen LogP contribution is -2.52. The fraction of sp³-hybridized carbons (Fsp3) is 0.577. The maximum absolute atomic E-state index is 12.9. The van der Waals surface area contributed by atoms with Crippen molar-refractivity contribution in [3.8, 4) is 5.75 Å². The molecule has 0 radical (unpaired) electrons. The number of hydrogen-bond donors (Lipinski definition) is 0. The van der Waals surface area contributed by atoms with E-state index < -0.39 is 0 Å². The van der Waals surface area contributed by atoms with Crippen LogP contribution < -0.4 is 9.64 Å². The van der Waals surface area contributed by atoms with Crippen molar-refractivity contribution in [1.82, 2.24) is 19.8 Å². The second-order valence-electron chi connectivity index (χ2n) is 9.69. The predicted molar refractivity (Wildman–Crippen MR) is 129 cm³/mol. The molecule has 7 nitrogen and oxygen atoms in total. The Labute approximate surface area is 196 Å². The Balaban J connectivity index is 1.16. The number of ether oxygens (including phenoxy) is 1. The van der Waals surface area contributed by atoms with Crippen LogP contribution in [0.15, 0.2) is 24.4 Å². The van der Waals surface area contributed by atoms with E-state index in [1.807, 2.05) is 37.1 Å². The highest BCUT2D eigenvalue weighted by Crippen LogP contribution is 2.26. The standard InChI is InChI=1S/C26H35N5O2/c1-19-6-7-20(2)24(16-19)33-18-25(32)30-10-8-21-17-27-26(28-23(21)9-11-30)31-14-12-29(13-15-31)22-4-3-5-22/h6-7,16-17,22H,3-5,8-15,18H2,1-2H3. The molecule has 0 N–H and O–H groups in total. The van der Waals surface area contributed by atoms with Gasteiger partial charge < -0.3 is 14.5 Å². The highest BCUT2D eigenvalue weighted by molar-refractivity contribution is 5.78. The first kappa shape index (κ1) is 22.1. The van der Waals surface area contributed by atoms with Crippen LogP contribution in [0.4, 0.5) is 5.95 Å². The Morgan fingerprint density at radius 3 is 2.61 bits per heavy atom. The minimum absolute atomic E-state index is 0.0315. The maximum Gasteiger partial charge on any atom is 0.260 e. The molecule has 1 aromatic heterocycles. The first-order chi connectivity index (χ1) is 16.1. The molecular formula is C26H35N5O2. The molecule has 2 aromatic rings. The number of rotatable bonds is 5. The van der Waals surface area contributed by atoms with Gasteiger partial charge in [0.25, 0.3) is 5.91 Å². The van der Waals surface area contributed by atoms with Crippen LogP contribution in [-0.2, 0) is 17.6 Å². The third-order valence-corrected chi connectivity index (χ3v) is 7.45. The molecule has 1 aliphatic carbocycles. The van der Waals surface area contributed by atoms with Crippen LogP contribution in [0.3, 0.4) is 0 Å². The molecule has 2 aliphatic heterocycles. The molecule has 2 fully saturated rings. The molecule has 1 saturated heterocycles. The monoisotopic (exact) mass is 449 g/mol. The van der Waals surface area contributed by atoms with E-state index in [0.717, 1.165) is 79.1 Å². The highest BCUT2D eigenvalue weighted by atomic mass is 16.5. The molecule has 0 spiro atoms. The van der Waals surface area contributed by atoms with Gasteiger partial charge in [0.05, 0.1) is 5.69 Å². The van der Waals surface area contributed by atoms with E-state index in [1.165, 1.54) is 19.3 Å². The summed E-state index contributed by atoms with van der Waals surface area (Å²) in [5, 5.41) is 0. The lowest BCUT2D eigenvalue weighted by molar-refractivity contribution is -0.133. The van der Waals surface area contributed by atoms with Gasteiger partial charge in [-0.25, -0.2) is 9.97 Å². The second kappa shape index (κ2) is 9.67. The Morgan fingerprint density at radius 1 is 1.06 bits per heavy atom. The normalized spacial score (nSPS) is 19.6. The number of aryl methyl sites for hydroxylation is 2. The molecule has 33 heavy (non-hydrogen) atoms. The van der Waals surface area contributed by atoms with Gasteiger partial charge >= 0.3 is 0 Å². The number of benzene rings is 1. The minimum Gasteiger partial charge on any atom is -0.483 e. The molecule has 1 amide bonds. The molecular weight excluding hydrogens is 414 g/mol. The zero-order valence-electron chi connectivity index (χ0n) is 19.9. The third kappa shape index (κ3) is 4.98. The van der Waals surface area contributed by atoms with Gasteiger partial charge in [0.2, 0.25) is 5.95 Å². The van der Waals surface area contributed by atoms with E-state index in [9.17, 15) is 4.79 Å². The number of hydrogen-bond acceptors (Lipinski definition) is 6. The zero-order valence-corrected chi connectivity index (χ0v) is 19.9. The predicted octanol–water partition coefficient (Wildman–Crippen LogP) is 2.77. The molecule has 0 unspecified atom stereocenters. The second-order valence-corrected chi connectivity index (χ2v) is 9.69. The SMILES string of the molecule is Cc1ccc(C)c(OCC(=O)N2CCc3cnc(N4CCN(C5CCC5)CC4)nc3CC2)c1. The Kier molecular flexibility index (Phi) is 6.49. The first-order valence-corrected chi connectivity index (χ1v) is 12.4. The van der Waals surface area contributed by atoms with Crippen LogP contribution in [0.5, 0.6) is 5.75 Å². The lowest BCUT2D eigenvalue weighted by atomic mass is 9.91. The van der Waals surface area contributed by atoms with Crippen LogP contribution in [0.1, 0.15) is 41.6 Å². The van der Waals surface area contributed by atoms with Crippen molar-refractivity contribution in [2.24, 2.45) is 0 Å². The summed E-state index contributed by atoms with van der Waals surface area (Å²) in [6.07, 6.45) is 7.65. The summed E-state index contributed by atoms with van der Waals surface area (Å²) in [6, 6.07) is 6.88. The van der Waals surface area contributed by atoms with Gasteiger partial charge in [-0.1, -0.05) is 18.6 Å². The van der Waals surface area contributed by atoms with Gasteiger partial charge in [0.15, 0.2) is 6.61 Å². The summed E-state index contributed by atoms with van der Waals surface area (Å²) >= 11 is 0. The summed E-state index contributed by atoms with van der Waals surface area (Å²) in [6.45, 7) is 9.67. The quantitative estimate of drug-likeness (QED) is 0.700. The number of carbonyl (C=O) groups is 1. The summed E-state index contributed by atoms with van der Waals surface area (Å²) in [5.74, 6) is 1.67. The topological polar surface area (TPSA) is 61.8 Å². The van der Waals surface area contributed by atoms with Crippen LogP contribution in [0.2, 0.25) is 0 Å². The molecule has 3 aliphatic rings. The van der Waals surface area contributed by atoms with Crippen molar-refractivity contribution in [3.05, 3.63) is 46.8 Å². The number of fused-ring (bicyclic) bond motifs is 1. The van der Waals surface area contributed by atoms with E-state index >= 15 is 0 Å². The summed E-state index contributed by atoms with van der Waals surface area (Å²) < 4.78 is 5.86. The molecule has 176 valence electrons. The number of amides is 1. The Morgan fingerprint density at radius 2 is 1.85 bits per heavy atom. The molecule has 1 saturated carbocycles. The Bertz CT molecular complexity index is 998. The number of carbonyl (C=O) groups excluding carboxylic acids is 1. The smallest absolute Gasteiger partial charge is 0.260 e.